The fraction of sp³-hybridized carbons (Fsp3) is 0.227. The number of aryl methyl sites for hydroxylation is 2. The number of allylic oxidation sites excluding steroid dienone is 1. The molecular weight excluding hydrogens is 406 g/mol. The summed E-state index contributed by atoms with van der Waals surface area (Å²) in [6.07, 6.45) is 6.48. The van der Waals surface area contributed by atoms with Crippen molar-refractivity contribution in [2.75, 3.05) is 7.05 Å². The van der Waals surface area contributed by atoms with E-state index in [-0.39, 0.29) is 0 Å². The van der Waals surface area contributed by atoms with Gasteiger partial charge in [0.05, 0.1) is 4.91 Å². The molecule has 1 aromatic heterocycles. The second kappa shape index (κ2) is 7.78. The summed E-state index contributed by atoms with van der Waals surface area (Å²) in [5.41, 5.74) is 2.95. The molecule has 1 aliphatic rings. The van der Waals surface area contributed by atoms with E-state index in [2.05, 4.69) is 4.98 Å². The Hall–Kier alpha value is -2.41. The van der Waals surface area contributed by atoms with Gasteiger partial charge in [-0.25, -0.2) is 13.4 Å². The van der Waals surface area contributed by atoms with Crippen molar-refractivity contribution >= 4 is 27.7 Å². The molecule has 1 aliphatic carbocycles. The number of fused-ring (bicyclic) bond motifs is 1. The van der Waals surface area contributed by atoms with Gasteiger partial charge in [-0.1, -0.05) is 48.0 Å². The molecule has 1 unspecified atom stereocenters. The minimum atomic E-state index is -3.70. The highest BCUT2D eigenvalue weighted by Gasteiger charge is 2.34. The van der Waals surface area contributed by atoms with Crippen LogP contribution in [0.2, 0.25) is 5.02 Å². The topological polar surface area (TPSA) is 55.2 Å². The number of halogens is 1. The molecule has 0 radical (unpaired) electrons. The van der Waals surface area contributed by atoms with Crippen LogP contribution < -0.4 is 0 Å². The third-order valence-electron chi connectivity index (χ3n) is 5.38. The Morgan fingerprint density at radius 1 is 1.10 bits per heavy atom. The smallest absolute Gasteiger partial charge is 0.239 e. The quantitative estimate of drug-likeness (QED) is 0.606. The predicted molar refractivity (Wildman–Crippen MR) is 116 cm³/mol. The Morgan fingerprint density at radius 2 is 1.83 bits per heavy atom. The minimum absolute atomic E-state index is 0.423. The van der Waals surface area contributed by atoms with Crippen LogP contribution in [0.4, 0.5) is 0 Å². The molecule has 7 heteroatoms. The standard InChI is InChI=1S/C22H22ClN3O2S/c1-25-14-13-24-22(25)21(17-7-10-19(23)11-8-17)26(2)29(27,28)20-12-9-16-5-3-4-6-18(16)15-20/h3-8,10-11,13-15,21H,9,12H2,1-2H3. The van der Waals surface area contributed by atoms with Crippen molar-refractivity contribution < 1.29 is 8.42 Å². The van der Waals surface area contributed by atoms with E-state index in [4.69, 9.17) is 11.6 Å². The van der Waals surface area contributed by atoms with Gasteiger partial charge in [0.25, 0.3) is 0 Å². The second-order valence-corrected chi connectivity index (χ2v) is 9.67. The highest BCUT2D eigenvalue weighted by atomic mass is 35.5. The van der Waals surface area contributed by atoms with Crippen LogP contribution in [0.3, 0.4) is 0 Å². The van der Waals surface area contributed by atoms with E-state index in [1.165, 1.54) is 9.87 Å². The van der Waals surface area contributed by atoms with Crippen molar-refractivity contribution in [1.82, 2.24) is 13.9 Å². The monoisotopic (exact) mass is 427 g/mol. The van der Waals surface area contributed by atoms with E-state index in [1.54, 1.807) is 31.5 Å². The average molecular weight is 428 g/mol. The van der Waals surface area contributed by atoms with Crippen molar-refractivity contribution in [2.45, 2.75) is 18.9 Å². The molecule has 0 spiro atoms. The highest BCUT2D eigenvalue weighted by molar-refractivity contribution is 7.93. The number of sulfonamides is 1. The molecule has 0 saturated heterocycles. The van der Waals surface area contributed by atoms with Crippen LogP contribution >= 0.6 is 11.6 Å². The fourth-order valence-electron chi connectivity index (χ4n) is 3.74. The van der Waals surface area contributed by atoms with Gasteiger partial charge in [0.2, 0.25) is 10.0 Å². The Labute approximate surface area is 176 Å². The first-order valence-corrected chi connectivity index (χ1v) is 11.2. The van der Waals surface area contributed by atoms with Crippen molar-refractivity contribution in [2.24, 2.45) is 7.05 Å². The normalized spacial score (nSPS) is 15.1. The zero-order valence-electron chi connectivity index (χ0n) is 16.3. The molecule has 2 aromatic carbocycles. The van der Waals surface area contributed by atoms with Crippen LogP contribution in [-0.2, 0) is 23.5 Å². The Morgan fingerprint density at radius 3 is 2.52 bits per heavy atom. The second-order valence-electron chi connectivity index (χ2n) is 7.18. The molecule has 5 nitrogen and oxygen atoms in total. The van der Waals surface area contributed by atoms with Gasteiger partial charge in [0.1, 0.15) is 11.9 Å². The third-order valence-corrected chi connectivity index (χ3v) is 7.58. The summed E-state index contributed by atoms with van der Waals surface area (Å²) < 4.78 is 30.4. The first kappa shape index (κ1) is 19.9. The summed E-state index contributed by atoms with van der Waals surface area (Å²) in [5, 5.41) is 0.601. The van der Waals surface area contributed by atoms with Gasteiger partial charge in [0, 0.05) is 31.5 Å². The summed E-state index contributed by atoms with van der Waals surface area (Å²) >= 11 is 6.05. The van der Waals surface area contributed by atoms with Gasteiger partial charge in [0.15, 0.2) is 0 Å². The largest absolute Gasteiger partial charge is 0.336 e. The summed E-state index contributed by atoms with van der Waals surface area (Å²) in [6.45, 7) is 0. The molecule has 4 rings (SSSR count). The zero-order chi connectivity index (χ0) is 20.6. The van der Waals surface area contributed by atoms with Crippen LogP contribution in [0.1, 0.15) is 35.0 Å². The van der Waals surface area contributed by atoms with Crippen molar-refractivity contribution in [3.05, 3.63) is 93.4 Å². The van der Waals surface area contributed by atoms with E-state index in [0.717, 1.165) is 11.1 Å². The number of hydrogen-bond donors (Lipinski definition) is 0. The number of imidazole rings is 1. The molecule has 0 aliphatic heterocycles. The number of aromatic nitrogens is 2. The lowest BCUT2D eigenvalue weighted by Crippen LogP contribution is -2.34. The molecule has 0 saturated carbocycles. The van der Waals surface area contributed by atoms with Gasteiger partial charge in [-0.3, -0.25) is 0 Å². The van der Waals surface area contributed by atoms with E-state index in [0.29, 0.717) is 28.6 Å². The van der Waals surface area contributed by atoms with E-state index < -0.39 is 16.1 Å². The maximum atomic E-state index is 13.6. The molecule has 1 heterocycles. The van der Waals surface area contributed by atoms with E-state index in [1.807, 2.05) is 54.2 Å². The van der Waals surface area contributed by atoms with Gasteiger partial charge in [-0.2, -0.15) is 4.31 Å². The van der Waals surface area contributed by atoms with Crippen molar-refractivity contribution in [1.29, 1.82) is 0 Å². The van der Waals surface area contributed by atoms with E-state index in [9.17, 15) is 8.42 Å². The van der Waals surface area contributed by atoms with Gasteiger partial charge in [-0.15, -0.1) is 0 Å². The number of benzene rings is 2. The lowest BCUT2D eigenvalue weighted by molar-refractivity contribution is 0.402. The summed E-state index contributed by atoms with van der Waals surface area (Å²) in [7, 11) is -0.218. The SMILES string of the molecule is CN(C(c1ccc(Cl)cc1)c1nccn1C)S(=O)(=O)C1=Cc2ccccc2CC1. The Balaban J connectivity index is 1.78. The molecule has 0 amide bonds. The van der Waals surface area contributed by atoms with Gasteiger partial charge < -0.3 is 4.57 Å². The van der Waals surface area contributed by atoms with Crippen molar-refractivity contribution in [3.8, 4) is 0 Å². The first-order chi connectivity index (χ1) is 13.9. The summed E-state index contributed by atoms with van der Waals surface area (Å²) in [5.74, 6) is 0.648. The van der Waals surface area contributed by atoms with Crippen LogP contribution in [-0.4, -0.2) is 29.3 Å². The van der Waals surface area contributed by atoms with Crippen LogP contribution in [0.5, 0.6) is 0 Å². The zero-order valence-corrected chi connectivity index (χ0v) is 17.9. The summed E-state index contributed by atoms with van der Waals surface area (Å²) in [4.78, 5) is 4.86. The molecule has 3 aromatic rings. The molecule has 150 valence electrons. The Kier molecular flexibility index (Phi) is 5.34. The molecule has 0 fully saturated rings. The maximum Gasteiger partial charge on any atom is 0.239 e. The molecule has 0 N–H and O–H groups in total. The third kappa shape index (κ3) is 3.75. The molecule has 0 bridgehead atoms. The lowest BCUT2D eigenvalue weighted by Gasteiger charge is -2.29. The van der Waals surface area contributed by atoms with Gasteiger partial charge in [-0.05, 0) is 47.7 Å². The van der Waals surface area contributed by atoms with Crippen molar-refractivity contribution in [3.63, 3.8) is 0 Å². The number of nitrogens with zero attached hydrogens (tertiary/aromatic N) is 3. The average Bonchev–Trinajstić information content (AvgIpc) is 3.14. The van der Waals surface area contributed by atoms with E-state index >= 15 is 0 Å². The maximum absolute atomic E-state index is 13.6. The van der Waals surface area contributed by atoms with Crippen LogP contribution in [0, 0.1) is 0 Å². The van der Waals surface area contributed by atoms with Crippen LogP contribution in [0.25, 0.3) is 6.08 Å². The number of rotatable bonds is 5. The van der Waals surface area contributed by atoms with Gasteiger partial charge >= 0.3 is 0 Å². The molecular formula is C22H22ClN3O2S. The highest BCUT2D eigenvalue weighted by Crippen LogP contribution is 2.35. The predicted octanol–water partition coefficient (Wildman–Crippen LogP) is 4.41. The van der Waals surface area contributed by atoms with Crippen LogP contribution in [0.15, 0.2) is 65.8 Å². The molecule has 1 atom stereocenters. The molecule has 29 heavy (non-hydrogen) atoms. The lowest BCUT2D eigenvalue weighted by atomic mass is 9.98. The Bertz CT molecular complexity index is 1170. The minimum Gasteiger partial charge on any atom is -0.336 e. The fourth-order valence-corrected chi connectivity index (χ4v) is 5.37. The summed E-state index contributed by atoms with van der Waals surface area (Å²) in [6, 6.07) is 14.6. The number of hydrogen-bond acceptors (Lipinski definition) is 3. The first-order valence-electron chi connectivity index (χ1n) is 9.37.